The first-order valence-electron chi connectivity index (χ1n) is 7.04. The molecule has 4 unspecified atom stereocenters. The van der Waals surface area contributed by atoms with Gasteiger partial charge in [-0.05, 0) is 50.0 Å². The van der Waals surface area contributed by atoms with E-state index in [1.807, 2.05) is 0 Å². The number of ether oxygens (including phenoxy) is 1. The Balaban J connectivity index is 2.00. The fourth-order valence-electron chi connectivity index (χ4n) is 3.11. The van der Waals surface area contributed by atoms with Crippen LogP contribution in [-0.2, 0) is 4.74 Å². The minimum atomic E-state index is 0.315. The van der Waals surface area contributed by atoms with Crippen molar-refractivity contribution in [1.82, 2.24) is 0 Å². The topological polar surface area (TPSA) is 35.2 Å². The summed E-state index contributed by atoms with van der Waals surface area (Å²) < 4.78 is 5.39. The van der Waals surface area contributed by atoms with Gasteiger partial charge >= 0.3 is 0 Å². The van der Waals surface area contributed by atoms with E-state index in [0.29, 0.717) is 24.0 Å². The highest BCUT2D eigenvalue weighted by atomic mass is 16.5. The van der Waals surface area contributed by atoms with Crippen LogP contribution in [0.5, 0.6) is 0 Å². The maximum Gasteiger partial charge on any atom is 0.0546 e. The summed E-state index contributed by atoms with van der Waals surface area (Å²) in [6.45, 7) is 2.14. The maximum atomic E-state index is 6.27. The Kier molecular flexibility index (Phi) is 4.79. The summed E-state index contributed by atoms with van der Waals surface area (Å²) in [6, 6.07) is 11.2. The molecule has 2 rings (SSSR count). The standard InChI is InChI=1S/C16H25NO/c1-12(18-2)10-15-11-14(8-9-16(15)17)13-6-4-3-5-7-13/h3-7,12,14-16H,8-11,17H2,1-2H3. The Morgan fingerprint density at radius 2 is 2.00 bits per heavy atom. The molecule has 1 aliphatic rings. The number of benzene rings is 1. The normalized spacial score (nSPS) is 30.1. The van der Waals surface area contributed by atoms with Gasteiger partial charge in [0.15, 0.2) is 0 Å². The maximum absolute atomic E-state index is 6.27. The SMILES string of the molecule is COC(C)CC1CC(c2ccccc2)CCC1N. The zero-order valence-electron chi connectivity index (χ0n) is 11.5. The van der Waals surface area contributed by atoms with E-state index in [-0.39, 0.29) is 0 Å². The van der Waals surface area contributed by atoms with Gasteiger partial charge in [0.25, 0.3) is 0 Å². The number of hydrogen-bond acceptors (Lipinski definition) is 2. The van der Waals surface area contributed by atoms with E-state index in [1.165, 1.54) is 18.4 Å². The predicted molar refractivity (Wildman–Crippen MR) is 75.6 cm³/mol. The Hall–Kier alpha value is -0.860. The Labute approximate surface area is 111 Å². The van der Waals surface area contributed by atoms with Crippen molar-refractivity contribution >= 4 is 0 Å². The average molecular weight is 247 g/mol. The minimum absolute atomic E-state index is 0.315. The van der Waals surface area contributed by atoms with Crippen molar-refractivity contribution in [3.63, 3.8) is 0 Å². The van der Waals surface area contributed by atoms with Crippen LogP contribution >= 0.6 is 0 Å². The molecule has 0 aromatic heterocycles. The summed E-state index contributed by atoms with van der Waals surface area (Å²) in [5.74, 6) is 1.28. The fourth-order valence-corrected chi connectivity index (χ4v) is 3.11. The van der Waals surface area contributed by atoms with Crippen molar-refractivity contribution in [2.75, 3.05) is 7.11 Å². The van der Waals surface area contributed by atoms with Crippen molar-refractivity contribution < 1.29 is 4.74 Å². The lowest BCUT2D eigenvalue weighted by molar-refractivity contribution is 0.0808. The van der Waals surface area contributed by atoms with Gasteiger partial charge in [-0.25, -0.2) is 0 Å². The highest BCUT2D eigenvalue weighted by Crippen LogP contribution is 2.37. The van der Waals surface area contributed by atoms with Gasteiger partial charge in [0.05, 0.1) is 6.10 Å². The third-order valence-electron chi connectivity index (χ3n) is 4.35. The number of hydrogen-bond donors (Lipinski definition) is 1. The summed E-state index contributed by atoms with van der Waals surface area (Å²) in [6.07, 6.45) is 4.97. The third-order valence-corrected chi connectivity index (χ3v) is 4.35. The van der Waals surface area contributed by atoms with E-state index < -0.39 is 0 Å². The molecular weight excluding hydrogens is 222 g/mol. The van der Waals surface area contributed by atoms with Crippen LogP contribution in [-0.4, -0.2) is 19.3 Å². The van der Waals surface area contributed by atoms with Gasteiger partial charge in [-0.1, -0.05) is 30.3 Å². The number of methoxy groups -OCH3 is 1. The smallest absolute Gasteiger partial charge is 0.0546 e. The molecule has 4 atom stereocenters. The van der Waals surface area contributed by atoms with Crippen molar-refractivity contribution in [2.24, 2.45) is 11.7 Å². The Morgan fingerprint density at radius 1 is 1.28 bits per heavy atom. The van der Waals surface area contributed by atoms with E-state index in [2.05, 4.69) is 37.3 Å². The van der Waals surface area contributed by atoms with Crippen LogP contribution in [0.2, 0.25) is 0 Å². The van der Waals surface area contributed by atoms with Crippen molar-refractivity contribution in [1.29, 1.82) is 0 Å². The summed E-state index contributed by atoms with van der Waals surface area (Å²) in [5.41, 5.74) is 7.74. The Morgan fingerprint density at radius 3 is 2.67 bits per heavy atom. The van der Waals surface area contributed by atoms with Gasteiger partial charge in [0.2, 0.25) is 0 Å². The van der Waals surface area contributed by atoms with Crippen LogP contribution in [0.15, 0.2) is 30.3 Å². The van der Waals surface area contributed by atoms with Gasteiger partial charge in [-0.15, -0.1) is 0 Å². The highest BCUT2D eigenvalue weighted by Gasteiger charge is 2.29. The second kappa shape index (κ2) is 6.35. The second-order valence-corrected chi connectivity index (χ2v) is 5.63. The van der Waals surface area contributed by atoms with Gasteiger partial charge in [-0.3, -0.25) is 0 Å². The fraction of sp³-hybridized carbons (Fsp3) is 0.625. The molecule has 0 spiro atoms. The quantitative estimate of drug-likeness (QED) is 0.886. The van der Waals surface area contributed by atoms with Crippen LogP contribution in [0.25, 0.3) is 0 Å². The van der Waals surface area contributed by atoms with Crippen LogP contribution < -0.4 is 5.73 Å². The molecule has 18 heavy (non-hydrogen) atoms. The Bertz CT molecular complexity index is 351. The zero-order chi connectivity index (χ0) is 13.0. The van der Waals surface area contributed by atoms with Crippen LogP contribution in [0.1, 0.15) is 44.1 Å². The molecule has 1 fully saturated rings. The van der Waals surface area contributed by atoms with Crippen molar-refractivity contribution in [2.45, 2.75) is 50.7 Å². The largest absolute Gasteiger partial charge is 0.382 e. The molecule has 0 radical (unpaired) electrons. The zero-order valence-corrected chi connectivity index (χ0v) is 11.5. The molecule has 0 aliphatic heterocycles. The summed E-state index contributed by atoms with van der Waals surface area (Å²) in [5, 5.41) is 0. The molecule has 100 valence electrons. The van der Waals surface area contributed by atoms with Crippen LogP contribution in [0.3, 0.4) is 0 Å². The molecule has 2 nitrogen and oxygen atoms in total. The lowest BCUT2D eigenvalue weighted by atomic mass is 9.73. The summed E-state index contributed by atoms with van der Waals surface area (Å²) in [7, 11) is 1.79. The first-order chi connectivity index (χ1) is 8.70. The lowest BCUT2D eigenvalue weighted by Gasteiger charge is -2.35. The molecule has 0 bridgehead atoms. The molecule has 1 aliphatic carbocycles. The molecule has 2 heteroatoms. The second-order valence-electron chi connectivity index (χ2n) is 5.63. The number of nitrogens with two attached hydrogens (primary N) is 1. The molecule has 1 aromatic rings. The molecule has 0 saturated heterocycles. The van der Waals surface area contributed by atoms with E-state index in [4.69, 9.17) is 10.5 Å². The molecule has 1 saturated carbocycles. The summed E-state index contributed by atoms with van der Waals surface area (Å²) in [4.78, 5) is 0. The van der Waals surface area contributed by atoms with Gasteiger partial charge in [0.1, 0.15) is 0 Å². The van der Waals surface area contributed by atoms with Gasteiger partial charge in [0, 0.05) is 13.2 Å². The molecule has 0 heterocycles. The highest BCUT2D eigenvalue weighted by molar-refractivity contribution is 5.20. The van der Waals surface area contributed by atoms with Gasteiger partial charge in [-0.2, -0.15) is 0 Å². The first-order valence-corrected chi connectivity index (χ1v) is 7.04. The molecule has 1 aromatic carbocycles. The lowest BCUT2D eigenvalue weighted by Crippen LogP contribution is -2.37. The number of rotatable bonds is 4. The van der Waals surface area contributed by atoms with Crippen LogP contribution in [0, 0.1) is 5.92 Å². The van der Waals surface area contributed by atoms with Gasteiger partial charge < -0.3 is 10.5 Å². The average Bonchev–Trinajstić information content (AvgIpc) is 2.42. The van der Waals surface area contributed by atoms with Crippen molar-refractivity contribution in [3.8, 4) is 0 Å². The van der Waals surface area contributed by atoms with E-state index >= 15 is 0 Å². The van der Waals surface area contributed by atoms with Crippen molar-refractivity contribution in [3.05, 3.63) is 35.9 Å². The predicted octanol–water partition coefficient (Wildman–Crippen LogP) is 3.32. The van der Waals surface area contributed by atoms with Crippen LogP contribution in [0.4, 0.5) is 0 Å². The minimum Gasteiger partial charge on any atom is -0.382 e. The monoisotopic (exact) mass is 247 g/mol. The van der Waals surface area contributed by atoms with E-state index in [9.17, 15) is 0 Å². The first kappa shape index (κ1) is 13.6. The van der Waals surface area contributed by atoms with E-state index in [1.54, 1.807) is 7.11 Å². The molecule has 0 amide bonds. The van der Waals surface area contributed by atoms with E-state index in [0.717, 1.165) is 12.8 Å². The molecular formula is C16H25NO. The molecule has 2 N–H and O–H groups in total. The summed E-state index contributed by atoms with van der Waals surface area (Å²) >= 11 is 0. The third kappa shape index (κ3) is 3.33.